The molecule has 1 aliphatic carbocycles. The second kappa shape index (κ2) is 5.14. The number of hydrogen-bond donors (Lipinski definition) is 3. The van der Waals surface area contributed by atoms with E-state index in [1.165, 1.54) is 6.34 Å². The number of amides is 1. The molecule has 2 unspecified atom stereocenters. The fourth-order valence-electron chi connectivity index (χ4n) is 1.76. The Morgan fingerprint density at radius 1 is 1.67 bits per heavy atom. The summed E-state index contributed by atoms with van der Waals surface area (Å²) >= 11 is 0. The van der Waals surface area contributed by atoms with Crippen molar-refractivity contribution in [2.24, 2.45) is 21.6 Å². The molecule has 1 amide bonds. The van der Waals surface area contributed by atoms with Crippen molar-refractivity contribution in [1.82, 2.24) is 5.32 Å². The number of hydrogen-bond acceptors (Lipinski definition) is 5. The number of aliphatic imine (C=N–C) groups is 2. The summed E-state index contributed by atoms with van der Waals surface area (Å²) in [6.45, 7) is 2.20. The molecule has 2 rings (SSSR count). The molecule has 0 radical (unpaired) electrons. The van der Waals surface area contributed by atoms with Gasteiger partial charge in [0.15, 0.2) is 0 Å². The highest BCUT2D eigenvalue weighted by atomic mass is 16.3. The molecule has 0 saturated heterocycles. The van der Waals surface area contributed by atoms with Crippen molar-refractivity contribution in [1.29, 1.82) is 0 Å². The van der Waals surface area contributed by atoms with Crippen molar-refractivity contribution in [3.05, 3.63) is 23.5 Å². The lowest BCUT2D eigenvalue weighted by Gasteiger charge is -2.21. The fraction of sp³-hybridized carbons (Fsp3) is 0.417. The fourth-order valence-corrected chi connectivity index (χ4v) is 1.76. The highest BCUT2D eigenvalue weighted by Crippen LogP contribution is 2.23. The van der Waals surface area contributed by atoms with Crippen molar-refractivity contribution in [3.8, 4) is 0 Å². The molecule has 6 heteroatoms. The lowest BCUT2D eigenvalue weighted by Crippen LogP contribution is -2.36. The second-order valence-corrected chi connectivity index (χ2v) is 4.34. The first kappa shape index (κ1) is 12.5. The Morgan fingerprint density at radius 2 is 2.44 bits per heavy atom. The standard InChI is InChI=1S/C12H16N4O2/c1-7(17)2-3-14-11-5-10-8(4-9(11)13)12(18)16-6-15-10/h4-8,17H,2-3,13H2,1H3,(H,15,16,18). The van der Waals surface area contributed by atoms with Gasteiger partial charge in [0.2, 0.25) is 5.91 Å². The van der Waals surface area contributed by atoms with Gasteiger partial charge in [0.25, 0.3) is 0 Å². The van der Waals surface area contributed by atoms with Gasteiger partial charge in [0, 0.05) is 6.54 Å². The summed E-state index contributed by atoms with van der Waals surface area (Å²) in [5.41, 5.74) is 7.59. The molecule has 6 nitrogen and oxygen atoms in total. The number of fused-ring (bicyclic) bond motifs is 1. The highest BCUT2D eigenvalue weighted by Gasteiger charge is 2.27. The van der Waals surface area contributed by atoms with Gasteiger partial charge < -0.3 is 16.2 Å². The number of carbonyl (C=O) groups is 1. The molecule has 2 aliphatic rings. The first-order valence-corrected chi connectivity index (χ1v) is 5.82. The molecule has 1 heterocycles. The molecule has 4 N–H and O–H groups in total. The molecule has 0 aromatic heterocycles. The Labute approximate surface area is 105 Å². The topological polar surface area (TPSA) is 100 Å². The molecule has 96 valence electrons. The van der Waals surface area contributed by atoms with Crippen LogP contribution in [0, 0.1) is 5.92 Å². The highest BCUT2D eigenvalue weighted by molar-refractivity contribution is 6.11. The van der Waals surface area contributed by atoms with E-state index in [1.807, 2.05) is 0 Å². The third-order valence-corrected chi connectivity index (χ3v) is 2.78. The monoisotopic (exact) mass is 248 g/mol. The van der Waals surface area contributed by atoms with Crippen LogP contribution in [0.2, 0.25) is 0 Å². The Morgan fingerprint density at radius 3 is 3.17 bits per heavy atom. The lowest BCUT2D eigenvalue weighted by molar-refractivity contribution is -0.121. The van der Waals surface area contributed by atoms with E-state index in [9.17, 15) is 4.79 Å². The summed E-state index contributed by atoms with van der Waals surface area (Å²) < 4.78 is 0. The maximum Gasteiger partial charge on any atom is 0.238 e. The molecule has 18 heavy (non-hydrogen) atoms. The van der Waals surface area contributed by atoms with Gasteiger partial charge in [-0.2, -0.15) is 0 Å². The van der Waals surface area contributed by atoms with E-state index in [2.05, 4.69) is 15.3 Å². The molecular weight excluding hydrogens is 232 g/mol. The Balaban J connectivity index is 2.17. The van der Waals surface area contributed by atoms with Crippen LogP contribution in [-0.4, -0.2) is 35.7 Å². The van der Waals surface area contributed by atoms with Crippen LogP contribution in [-0.2, 0) is 4.79 Å². The maximum absolute atomic E-state index is 11.6. The minimum Gasteiger partial charge on any atom is -0.397 e. The average molecular weight is 248 g/mol. The predicted octanol–water partition coefficient (Wildman–Crippen LogP) is -0.287. The quantitative estimate of drug-likeness (QED) is 0.640. The van der Waals surface area contributed by atoms with Crippen LogP contribution in [0.1, 0.15) is 13.3 Å². The second-order valence-electron chi connectivity index (χ2n) is 4.34. The van der Waals surface area contributed by atoms with Crippen molar-refractivity contribution < 1.29 is 9.90 Å². The molecule has 0 aromatic rings. The smallest absolute Gasteiger partial charge is 0.238 e. The summed E-state index contributed by atoms with van der Waals surface area (Å²) in [7, 11) is 0. The average Bonchev–Trinajstić information content (AvgIpc) is 2.31. The molecule has 0 fully saturated rings. The summed E-state index contributed by atoms with van der Waals surface area (Å²) in [6, 6.07) is 0. The van der Waals surface area contributed by atoms with Crippen LogP contribution >= 0.6 is 0 Å². The Kier molecular flexibility index (Phi) is 3.57. The zero-order valence-electron chi connectivity index (χ0n) is 10.1. The molecule has 1 aliphatic heterocycles. The number of allylic oxidation sites excluding steroid dienone is 1. The van der Waals surface area contributed by atoms with Crippen molar-refractivity contribution >= 4 is 18.0 Å². The minimum atomic E-state index is -0.425. The van der Waals surface area contributed by atoms with Crippen LogP contribution in [0.5, 0.6) is 0 Å². The predicted molar refractivity (Wildman–Crippen MR) is 69.1 cm³/mol. The number of nitrogens with two attached hydrogens (primary N) is 1. The Bertz CT molecular complexity index is 474. The van der Waals surface area contributed by atoms with Gasteiger partial charge in [-0.3, -0.25) is 9.79 Å². The number of rotatable bonds is 3. The first-order chi connectivity index (χ1) is 8.58. The van der Waals surface area contributed by atoms with Gasteiger partial charge >= 0.3 is 0 Å². The van der Waals surface area contributed by atoms with E-state index in [1.54, 1.807) is 19.1 Å². The zero-order valence-corrected chi connectivity index (χ0v) is 10.1. The molecular formula is C12H16N4O2. The number of carbonyl (C=O) groups excluding carboxylic acids is 1. The van der Waals surface area contributed by atoms with E-state index in [0.717, 1.165) is 0 Å². The molecule has 0 spiro atoms. The van der Waals surface area contributed by atoms with Crippen molar-refractivity contribution in [2.75, 3.05) is 6.54 Å². The largest absolute Gasteiger partial charge is 0.397 e. The van der Waals surface area contributed by atoms with Crippen molar-refractivity contribution in [2.45, 2.75) is 19.4 Å². The SMILES string of the molecule is CC(O)CCN=C1C=C2N=CNC(=O)C2C=C1N. The third-order valence-electron chi connectivity index (χ3n) is 2.78. The van der Waals surface area contributed by atoms with Crippen molar-refractivity contribution in [3.63, 3.8) is 0 Å². The summed E-state index contributed by atoms with van der Waals surface area (Å²) in [6.07, 6.45) is 4.93. The Hall–Kier alpha value is -1.95. The normalized spacial score (nSPS) is 26.2. The number of nitrogens with one attached hydrogen (secondary N) is 1. The van der Waals surface area contributed by atoms with Gasteiger partial charge in [0.05, 0.1) is 29.5 Å². The van der Waals surface area contributed by atoms with Gasteiger partial charge in [-0.25, -0.2) is 4.99 Å². The zero-order chi connectivity index (χ0) is 13.1. The van der Waals surface area contributed by atoms with Crippen LogP contribution in [0.15, 0.2) is 33.5 Å². The number of nitrogens with zero attached hydrogens (tertiary/aromatic N) is 2. The molecule has 0 bridgehead atoms. The van der Waals surface area contributed by atoms with Gasteiger partial charge in [-0.15, -0.1) is 0 Å². The van der Waals surface area contributed by atoms with Crippen LogP contribution in [0.25, 0.3) is 0 Å². The van der Waals surface area contributed by atoms with E-state index in [0.29, 0.717) is 30.1 Å². The summed E-state index contributed by atoms with van der Waals surface area (Å²) in [4.78, 5) is 20.0. The minimum absolute atomic E-state index is 0.137. The summed E-state index contributed by atoms with van der Waals surface area (Å²) in [5, 5.41) is 11.7. The van der Waals surface area contributed by atoms with E-state index < -0.39 is 5.92 Å². The van der Waals surface area contributed by atoms with Gasteiger partial charge in [0.1, 0.15) is 5.92 Å². The molecule has 0 aromatic carbocycles. The molecule has 2 atom stereocenters. The van der Waals surface area contributed by atoms with Gasteiger partial charge in [-0.05, 0) is 25.5 Å². The lowest BCUT2D eigenvalue weighted by atomic mass is 9.94. The first-order valence-electron chi connectivity index (χ1n) is 5.82. The van der Waals surface area contributed by atoms with Crippen LogP contribution in [0.4, 0.5) is 0 Å². The maximum atomic E-state index is 11.6. The van der Waals surface area contributed by atoms with Crippen LogP contribution < -0.4 is 11.1 Å². The number of aliphatic hydroxyl groups is 1. The number of aliphatic hydroxyl groups excluding tert-OH is 1. The summed E-state index contributed by atoms with van der Waals surface area (Å²) in [5.74, 6) is -0.562. The third kappa shape index (κ3) is 2.65. The van der Waals surface area contributed by atoms with E-state index in [-0.39, 0.29) is 12.0 Å². The van der Waals surface area contributed by atoms with E-state index in [4.69, 9.17) is 10.8 Å². The van der Waals surface area contributed by atoms with E-state index >= 15 is 0 Å². The molecule has 0 saturated carbocycles. The van der Waals surface area contributed by atoms with Gasteiger partial charge in [-0.1, -0.05) is 0 Å². The van der Waals surface area contributed by atoms with Crippen LogP contribution in [0.3, 0.4) is 0 Å².